The number of aliphatic hydroxyl groups excluding tert-OH is 2. The van der Waals surface area contributed by atoms with E-state index in [0.29, 0.717) is 75.3 Å². The molecule has 0 fully saturated rings. The van der Waals surface area contributed by atoms with E-state index in [1.165, 1.54) is 122 Å². The Hall–Kier alpha value is -8.39. The van der Waals surface area contributed by atoms with Crippen LogP contribution in [-0.2, 0) is 104 Å². The third-order valence-electron chi connectivity index (χ3n) is 15.3. The molecule has 0 heterocycles. The first-order valence-electron chi connectivity index (χ1n) is 45.3. The summed E-state index contributed by atoms with van der Waals surface area (Å²) in [6.07, 6.45) is 16.3. The summed E-state index contributed by atoms with van der Waals surface area (Å²) in [5, 5.41) is 25.9. The van der Waals surface area contributed by atoms with Crippen molar-refractivity contribution in [3.63, 3.8) is 0 Å². The molecule has 3 N–H and O–H groups in total. The zero-order valence-electron chi connectivity index (χ0n) is 84.4. The number of phenols is 1. The monoisotopic (exact) mass is 2050 g/mol. The molecule has 36 heteroatoms. The summed E-state index contributed by atoms with van der Waals surface area (Å²) in [7, 11) is 5.56. The molecule has 4 rings (SSSR count). The average molecular weight is 2050 g/mol. The molecule has 0 atom stereocenters. The minimum atomic E-state index is -4.64. The Morgan fingerprint density at radius 2 is 0.610 bits per heavy atom. The SMILES string of the molecule is C.CC(C)(C)OC(=O)CBr.CC(C)(C)OC(=O)COCCCCCO.CCCCCCO.CCCCCCOCC(=O)OC(C)(C)C.CCCCCCOCC(=O)OC(C)(C)C.COC(=O)c1ccc(O)cc1.COC(=O)c1ccc(OCCCCCOCC(=O)OC(C)(C)C)cc1.COC(=O)c1ccc(OCCCCCOCC(C)=O)cc1.Cc1ccc(S(=O)(=O)Cl)cc1.O=CC(F)(F)F. The van der Waals surface area contributed by atoms with Gasteiger partial charge in [0.1, 0.15) is 83.6 Å². The van der Waals surface area contributed by atoms with Crippen LogP contribution in [0.5, 0.6) is 17.2 Å². The third-order valence-corrected chi connectivity index (χ3v) is 17.1. The van der Waals surface area contributed by atoms with E-state index in [2.05, 4.69) is 50.9 Å². The van der Waals surface area contributed by atoms with Gasteiger partial charge in [-0.3, -0.25) is 14.4 Å². The number of halogens is 5. The number of phenolic OH excluding ortho intramolecular Hbond substituents is 1. The molecule has 0 spiro atoms. The van der Waals surface area contributed by atoms with Crippen LogP contribution >= 0.6 is 26.6 Å². The van der Waals surface area contributed by atoms with Crippen molar-refractivity contribution in [2.24, 2.45) is 0 Å². The number of ketones is 1. The van der Waals surface area contributed by atoms with Gasteiger partial charge in [0, 0.05) is 56.9 Å². The predicted octanol–water partition coefficient (Wildman–Crippen LogP) is 21.1. The van der Waals surface area contributed by atoms with Crippen molar-refractivity contribution in [2.75, 3.05) is 119 Å². The van der Waals surface area contributed by atoms with Crippen LogP contribution in [0.4, 0.5) is 13.2 Å². The Morgan fingerprint density at radius 3 is 0.831 bits per heavy atom. The van der Waals surface area contributed by atoms with E-state index in [1.54, 1.807) is 60.7 Å². The minimum absolute atomic E-state index is 0. The van der Waals surface area contributed by atoms with Crippen LogP contribution in [-0.4, -0.2) is 237 Å². The number of aliphatic hydroxyl groups is 2. The highest BCUT2D eigenvalue weighted by Crippen LogP contribution is 2.20. The number of aldehydes is 1. The van der Waals surface area contributed by atoms with Crippen LogP contribution in [0.2, 0.25) is 0 Å². The number of hydrogen-bond donors (Lipinski definition) is 3. The summed E-state index contributed by atoms with van der Waals surface area (Å²) >= 11 is 2.99. The largest absolute Gasteiger partial charge is 0.508 e. The molecule has 30 nitrogen and oxygen atoms in total. The lowest BCUT2D eigenvalue weighted by Crippen LogP contribution is -2.26. The Bertz CT molecular complexity index is 3700. The molecule has 0 unspecified atom stereocenters. The molecular weight excluding hydrogens is 1890 g/mol. The summed E-state index contributed by atoms with van der Waals surface area (Å²) in [4.78, 5) is 108. The molecule has 0 aliphatic rings. The smallest absolute Gasteiger partial charge is 0.446 e. The van der Waals surface area contributed by atoms with E-state index >= 15 is 0 Å². The molecule has 4 aromatic rings. The second-order valence-electron chi connectivity index (χ2n) is 34.5. The van der Waals surface area contributed by atoms with Crippen LogP contribution in [0.15, 0.2) is 102 Å². The number of carbonyl (C=O) groups is 10. The molecule has 786 valence electrons. The van der Waals surface area contributed by atoms with E-state index in [-0.39, 0.29) is 116 Å². The molecular formula is C100H165BrClF3O30S. The van der Waals surface area contributed by atoms with Crippen LogP contribution < -0.4 is 9.47 Å². The fraction of sp³-hybridized carbons (Fsp3) is 0.660. The molecule has 0 amide bonds. The van der Waals surface area contributed by atoms with Crippen LogP contribution in [0, 0.1) is 6.92 Å². The van der Waals surface area contributed by atoms with Gasteiger partial charge >= 0.3 is 53.9 Å². The van der Waals surface area contributed by atoms with Crippen molar-refractivity contribution in [1.29, 1.82) is 0 Å². The molecule has 0 radical (unpaired) electrons. The zero-order chi connectivity index (χ0) is 104. The van der Waals surface area contributed by atoms with E-state index in [1.807, 2.05) is 111 Å². The molecule has 0 aromatic heterocycles. The summed E-state index contributed by atoms with van der Waals surface area (Å²) in [5.41, 5.74) is 0.337. The minimum Gasteiger partial charge on any atom is -0.508 e. The summed E-state index contributed by atoms with van der Waals surface area (Å²) in [6, 6.07) is 25.9. The lowest BCUT2D eigenvalue weighted by Gasteiger charge is -2.19. The second-order valence-corrected chi connectivity index (χ2v) is 37.6. The number of esters is 8. The van der Waals surface area contributed by atoms with Gasteiger partial charge in [0.05, 0.1) is 56.1 Å². The number of benzene rings is 4. The summed E-state index contributed by atoms with van der Waals surface area (Å²) in [6.45, 7) is 42.6. The van der Waals surface area contributed by atoms with Crippen molar-refractivity contribution >= 4 is 95.5 Å². The number of aromatic hydroxyl groups is 1. The number of unbranched alkanes of at least 4 members (excludes halogenated alkanes) is 15. The number of ether oxygens (including phenoxy) is 15. The van der Waals surface area contributed by atoms with Gasteiger partial charge in [0.25, 0.3) is 9.05 Å². The highest BCUT2D eigenvalue weighted by atomic mass is 79.9. The Kier molecular flexibility index (Phi) is 88.7. The van der Waals surface area contributed by atoms with Crippen LogP contribution in [0.25, 0.3) is 0 Å². The number of rotatable bonds is 48. The Morgan fingerprint density at radius 1 is 0.375 bits per heavy atom. The van der Waals surface area contributed by atoms with Gasteiger partial charge in [-0.25, -0.2) is 42.0 Å². The van der Waals surface area contributed by atoms with E-state index in [0.717, 1.165) is 88.4 Å². The Labute approximate surface area is 822 Å². The first-order chi connectivity index (χ1) is 63.0. The standard InChI is InChI=1S/C19H28O6.C16H22O5.2C12H24O3.C11H22O4.C8H8O3.C7H7ClO2S.C6H11BrO2.C6H14O.C2HF3O.CH4/c1-19(2,3)25-17(20)14-23-12-6-5-7-13-24-16-10-8-15(9-11-16)18(21)22-4;1-13(17)12-20-10-4-3-5-11-21-15-8-6-14(7-9-15)16(18)19-2;2*1-5-6-7-8-9-14-10-11(13)15-12(2,3)4;1-11(2,3)15-10(13)9-14-8-6-4-5-7-12;1-11-8(10)6-2-4-7(9)5-3-6;1-6-2-4-7(5-3-6)11(8,9)10;1-6(2,3)9-5(8)4-7;1-2-3-4-5-6-7;3-2(4,5)1-6;/h8-11H,5-7,12-14H2,1-4H3;6-9H,3-5,10-12H2,1-2H3;2*5-10H2,1-4H3;12H,4-9H2,1-3H3;2-5,9H,1H3;2-5H,1H3;4H2,1-3H3;7H,2-6H2,1H3;1H;1H4. The predicted molar refractivity (Wildman–Crippen MR) is 525 cm³/mol. The second kappa shape index (κ2) is 85.8. The maximum atomic E-state index is 11.4. The van der Waals surface area contributed by atoms with E-state index < -0.39 is 49.9 Å². The van der Waals surface area contributed by atoms with Gasteiger partial charge in [-0.05, 0) is 280 Å². The van der Waals surface area contributed by atoms with Crippen molar-refractivity contribution < 1.29 is 156 Å². The number of Topliss-reactive ketones (excluding diaryl/α,β-unsaturated/α-hetero) is 1. The first-order valence-corrected chi connectivity index (χ1v) is 48.7. The quantitative estimate of drug-likeness (QED) is 0.00923. The van der Waals surface area contributed by atoms with Gasteiger partial charge < -0.3 is 86.4 Å². The Balaban J connectivity index is -0.000000278. The van der Waals surface area contributed by atoms with Gasteiger partial charge in [0.2, 0.25) is 6.29 Å². The number of alkyl halides is 4. The van der Waals surface area contributed by atoms with Crippen LogP contribution in [0.1, 0.15) is 310 Å². The number of hydrogen-bond acceptors (Lipinski definition) is 30. The maximum Gasteiger partial charge on any atom is 0.446 e. The molecule has 0 aliphatic heterocycles. The van der Waals surface area contributed by atoms with Gasteiger partial charge in [-0.1, -0.05) is 120 Å². The van der Waals surface area contributed by atoms with Crippen LogP contribution in [0.3, 0.4) is 0 Å². The average Bonchev–Trinajstić information content (AvgIpc) is 0.863. The number of methoxy groups -OCH3 is 3. The van der Waals surface area contributed by atoms with Crippen molar-refractivity contribution in [3.8, 4) is 17.2 Å². The molecule has 0 bridgehead atoms. The molecule has 0 saturated heterocycles. The third kappa shape index (κ3) is 106. The summed E-state index contributed by atoms with van der Waals surface area (Å²) in [5.74, 6) is -0.930. The van der Waals surface area contributed by atoms with Crippen molar-refractivity contribution in [2.45, 2.75) is 320 Å². The molecule has 0 aliphatic carbocycles. The number of carbonyl (C=O) groups excluding carboxylic acids is 10. The normalized spacial score (nSPS) is 10.8. The lowest BCUT2D eigenvalue weighted by molar-refractivity contribution is -0.161. The highest BCUT2D eigenvalue weighted by molar-refractivity contribution is 9.09. The highest BCUT2D eigenvalue weighted by Gasteiger charge is 2.25. The zero-order valence-corrected chi connectivity index (χ0v) is 87.6. The van der Waals surface area contributed by atoms with Gasteiger partial charge in [-0.2, -0.15) is 13.2 Å². The first kappa shape index (κ1) is 141. The van der Waals surface area contributed by atoms with Gasteiger partial charge in [-0.15, -0.1) is 0 Å². The topological polar surface area (TPSA) is 404 Å². The van der Waals surface area contributed by atoms with Gasteiger partial charge in [0.15, 0.2) is 5.78 Å². The maximum absolute atomic E-state index is 11.4. The van der Waals surface area contributed by atoms with Crippen molar-refractivity contribution in [3.05, 3.63) is 119 Å². The summed E-state index contributed by atoms with van der Waals surface area (Å²) < 4.78 is 129. The fourth-order valence-electron chi connectivity index (χ4n) is 9.36. The molecule has 4 aromatic carbocycles. The van der Waals surface area contributed by atoms with E-state index in [4.69, 9.17) is 87.6 Å². The number of aryl methyl sites for hydroxylation is 1. The fourth-order valence-corrected chi connectivity index (χ4v) is 10.2. The molecule has 0 saturated carbocycles. The molecule has 136 heavy (non-hydrogen) atoms. The lowest BCUT2D eigenvalue weighted by atomic mass is 10.2. The van der Waals surface area contributed by atoms with Crippen molar-refractivity contribution in [1.82, 2.24) is 0 Å². The van der Waals surface area contributed by atoms with E-state index in [9.17, 15) is 64.7 Å².